The number of anilines is 3. The van der Waals surface area contributed by atoms with Crippen LogP contribution in [0.4, 0.5) is 34.2 Å². The van der Waals surface area contributed by atoms with Crippen molar-refractivity contribution in [1.82, 2.24) is 24.6 Å². The van der Waals surface area contributed by atoms with E-state index in [0.717, 1.165) is 30.7 Å². The standard InChI is InChI=1S/C23H17F4N7O2S/c24-17-6-3-13(7-16(17)23(25,26)27)20-32-22(37-34-20)33-21(35)12-1-4-14(5-2-12)31-18-8-19(30-11-29-18)36-15-9-28-10-15/h1-8,11,15,28H,9-10H2,(H,29,30,31)(H,32,33,34,35). The number of rotatable bonds is 7. The molecule has 0 aliphatic carbocycles. The number of nitrogens with zero attached hydrogens (tertiary/aromatic N) is 4. The zero-order valence-corrected chi connectivity index (χ0v) is 19.5. The van der Waals surface area contributed by atoms with Crippen LogP contribution in [0.2, 0.25) is 0 Å². The van der Waals surface area contributed by atoms with E-state index in [-0.39, 0.29) is 22.6 Å². The van der Waals surface area contributed by atoms with Gasteiger partial charge < -0.3 is 15.4 Å². The second-order valence-electron chi connectivity index (χ2n) is 7.91. The van der Waals surface area contributed by atoms with E-state index < -0.39 is 23.5 Å². The second kappa shape index (κ2) is 10.1. The average Bonchev–Trinajstić information content (AvgIpc) is 3.30. The molecule has 0 unspecified atom stereocenters. The summed E-state index contributed by atoms with van der Waals surface area (Å²) in [4.78, 5) is 24.9. The van der Waals surface area contributed by atoms with E-state index in [1.54, 1.807) is 30.3 Å². The van der Waals surface area contributed by atoms with Crippen LogP contribution in [0.25, 0.3) is 11.4 Å². The number of amides is 1. The van der Waals surface area contributed by atoms with Gasteiger partial charge in [0.1, 0.15) is 24.1 Å². The summed E-state index contributed by atoms with van der Waals surface area (Å²) in [6, 6.07) is 10.7. The lowest BCUT2D eigenvalue weighted by Crippen LogP contribution is -2.50. The van der Waals surface area contributed by atoms with Crippen LogP contribution >= 0.6 is 11.5 Å². The van der Waals surface area contributed by atoms with Crippen LogP contribution in [-0.4, -0.2) is 44.4 Å². The first-order valence-electron chi connectivity index (χ1n) is 10.8. The van der Waals surface area contributed by atoms with Gasteiger partial charge in [-0.1, -0.05) is 0 Å². The lowest BCUT2D eigenvalue weighted by molar-refractivity contribution is -0.139. The molecular formula is C23H17F4N7O2S. The maximum atomic E-state index is 13.5. The van der Waals surface area contributed by atoms with Gasteiger partial charge in [0.25, 0.3) is 5.91 Å². The van der Waals surface area contributed by atoms with Crippen molar-refractivity contribution in [2.45, 2.75) is 12.3 Å². The molecule has 2 aromatic carbocycles. The molecule has 0 radical (unpaired) electrons. The number of alkyl halides is 3. The van der Waals surface area contributed by atoms with E-state index in [0.29, 0.717) is 35.1 Å². The number of carbonyl (C=O) groups excluding carboxylic acids is 1. The maximum absolute atomic E-state index is 13.5. The SMILES string of the molecule is O=C(Nc1nc(-c2ccc(F)c(C(F)(F)F)c2)ns1)c1ccc(Nc2cc(OC3CNC3)ncn2)cc1. The molecule has 9 nitrogen and oxygen atoms in total. The number of hydrogen-bond donors (Lipinski definition) is 3. The Morgan fingerprint density at radius 1 is 1.08 bits per heavy atom. The number of halogens is 4. The Bertz CT molecular complexity index is 1430. The fourth-order valence-electron chi connectivity index (χ4n) is 3.28. The molecule has 0 spiro atoms. The van der Waals surface area contributed by atoms with Crippen LogP contribution in [0.5, 0.6) is 5.88 Å². The molecule has 0 saturated carbocycles. The van der Waals surface area contributed by atoms with Crippen molar-refractivity contribution in [2.75, 3.05) is 23.7 Å². The largest absolute Gasteiger partial charge is 0.472 e. The van der Waals surface area contributed by atoms with Gasteiger partial charge >= 0.3 is 6.18 Å². The average molecular weight is 531 g/mol. The first kappa shape index (κ1) is 24.5. The lowest BCUT2D eigenvalue weighted by Gasteiger charge is -2.27. The highest BCUT2D eigenvalue weighted by atomic mass is 32.1. The molecule has 1 aliphatic rings. The summed E-state index contributed by atoms with van der Waals surface area (Å²) < 4.78 is 62.2. The molecule has 37 heavy (non-hydrogen) atoms. The first-order valence-corrected chi connectivity index (χ1v) is 11.6. The monoisotopic (exact) mass is 531 g/mol. The molecule has 4 aromatic rings. The third-order valence-electron chi connectivity index (χ3n) is 5.27. The number of aromatic nitrogens is 4. The van der Waals surface area contributed by atoms with Crippen molar-refractivity contribution in [3.63, 3.8) is 0 Å². The topological polar surface area (TPSA) is 114 Å². The van der Waals surface area contributed by atoms with Crippen molar-refractivity contribution >= 4 is 34.1 Å². The molecule has 2 aromatic heterocycles. The van der Waals surface area contributed by atoms with Crippen LogP contribution in [0.1, 0.15) is 15.9 Å². The molecule has 5 rings (SSSR count). The highest BCUT2D eigenvalue weighted by Crippen LogP contribution is 2.34. The Hall–Kier alpha value is -4.17. The summed E-state index contributed by atoms with van der Waals surface area (Å²) in [6.45, 7) is 1.53. The summed E-state index contributed by atoms with van der Waals surface area (Å²) in [7, 11) is 0. The van der Waals surface area contributed by atoms with E-state index in [4.69, 9.17) is 4.74 Å². The third-order valence-corrected chi connectivity index (χ3v) is 5.90. The predicted molar refractivity (Wildman–Crippen MR) is 127 cm³/mol. The number of carbonyl (C=O) groups is 1. The summed E-state index contributed by atoms with van der Waals surface area (Å²) in [6.07, 6.45) is -3.39. The molecule has 14 heteroatoms. The van der Waals surface area contributed by atoms with E-state index in [1.165, 1.54) is 6.33 Å². The molecule has 190 valence electrons. The number of ether oxygens (including phenoxy) is 1. The van der Waals surface area contributed by atoms with Gasteiger partial charge in [-0.2, -0.15) is 22.5 Å². The van der Waals surface area contributed by atoms with Crippen molar-refractivity contribution in [3.8, 4) is 17.3 Å². The minimum atomic E-state index is -4.86. The van der Waals surface area contributed by atoms with Gasteiger partial charge in [-0.05, 0) is 42.5 Å². The van der Waals surface area contributed by atoms with Crippen LogP contribution < -0.4 is 20.7 Å². The van der Waals surface area contributed by atoms with Gasteiger partial charge in [0.15, 0.2) is 5.82 Å². The zero-order valence-electron chi connectivity index (χ0n) is 18.7. The molecule has 1 saturated heterocycles. The van der Waals surface area contributed by atoms with E-state index >= 15 is 0 Å². The zero-order chi connectivity index (χ0) is 26.0. The highest BCUT2D eigenvalue weighted by molar-refractivity contribution is 7.10. The van der Waals surface area contributed by atoms with Crippen molar-refractivity contribution < 1.29 is 27.1 Å². The van der Waals surface area contributed by atoms with Gasteiger partial charge in [-0.15, -0.1) is 0 Å². The van der Waals surface area contributed by atoms with Gasteiger partial charge in [-0.25, -0.2) is 14.4 Å². The highest BCUT2D eigenvalue weighted by Gasteiger charge is 2.34. The van der Waals surface area contributed by atoms with Crippen LogP contribution in [0.3, 0.4) is 0 Å². The van der Waals surface area contributed by atoms with E-state index in [9.17, 15) is 22.4 Å². The van der Waals surface area contributed by atoms with Gasteiger partial charge in [-0.3, -0.25) is 10.1 Å². The Kier molecular flexibility index (Phi) is 6.67. The molecular weight excluding hydrogens is 514 g/mol. The summed E-state index contributed by atoms with van der Waals surface area (Å²) in [5, 5.41) is 8.85. The normalized spacial score (nSPS) is 13.6. The van der Waals surface area contributed by atoms with Gasteiger partial charge in [0.05, 0.1) is 5.56 Å². The number of hydrogen-bond acceptors (Lipinski definition) is 9. The van der Waals surface area contributed by atoms with Gasteiger partial charge in [0.2, 0.25) is 11.0 Å². The molecule has 0 bridgehead atoms. The Balaban J connectivity index is 1.22. The van der Waals surface area contributed by atoms with Crippen LogP contribution in [0, 0.1) is 5.82 Å². The quantitative estimate of drug-likeness (QED) is 0.299. The Morgan fingerprint density at radius 3 is 2.57 bits per heavy atom. The Morgan fingerprint density at radius 2 is 1.86 bits per heavy atom. The van der Waals surface area contributed by atoms with Crippen molar-refractivity contribution in [2.24, 2.45) is 0 Å². The lowest BCUT2D eigenvalue weighted by atomic mass is 10.1. The van der Waals surface area contributed by atoms with Crippen molar-refractivity contribution in [1.29, 1.82) is 0 Å². The summed E-state index contributed by atoms with van der Waals surface area (Å²) in [5.41, 5.74) is -0.460. The molecule has 1 amide bonds. The number of benzene rings is 2. The van der Waals surface area contributed by atoms with E-state index in [2.05, 4.69) is 35.3 Å². The summed E-state index contributed by atoms with van der Waals surface area (Å²) >= 11 is 0.791. The number of nitrogens with one attached hydrogen (secondary N) is 3. The van der Waals surface area contributed by atoms with Crippen LogP contribution in [0.15, 0.2) is 54.9 Å². The Labute approximate surface area is 211 Å². The smallest absolute Gasteiger partial charge is 0.419 e. The molecule has 3 N–H and O–H groups in total. The summed E-state index contributed by atoms with van der Waals surface area (Å²) in [5.74, 6) is -0.974. The predicted octanol–water partition coefficient (Wildman–Crippen LogP) is 4.50. The minimum absolute atomic E-state index is 0.0245. The van der Waals surface area contributed by atoms with Crippen LogP contribution in [-0.2, 0) is 6.18 Å². The molecule has 1 fully saturated rings. The second-order valence-corrected chi connectivity index (χ2v) is 8.66. The maximum Gasteiger partial charge on any atom is 0.419 e. The minimum Gasteiger partial charge on any atom is -0.472 e. The third kappa shape index (κ3) is 5.81. The van der Waals surface area contributed by atoms with E-state index in [1.807, 2.05) is 0 Å². The van der Waals surface area contributed by atoms with Gasteiger partial charge in [0, 0.05) is 47.5 Å². The fourth-order valence-corrected chi connectivity index (χ4v) is 3.87. The molecule has 1 aliphatic heterocycles. The molecule has 3 heterocycles. The molecule has 0 atom stereocenters. The van der Waals surface area contributed by atoms with Crippen molar-refractivity contribution in [3.05, 3.63) is 71.8 Å². The fraction of sp³-hybridized carbons (Fsp3) is 0.174. The first-order chi connectivity index (χ1) is 17.7.